The number of para-hydroxylation sites is 2. The second kappa shape index (κ2) is 5.82. The molecule has 8 nitrogen and oxygen atoms in total. The molecule has 4 rings (SSSR count). The first-order valence-electron chi connectivity index (χ1n) is 7.73. The van der Waals surface area contributed by atoms with E-state index in [-0.39, 0.29) is 5.56 Å². The summed E-state index contributed by atoms with van der Waals surface area (Å²) in [6.07, 6.45) is 0. The Balaban J connectivity index is 1.64. The highest BCUT2D eigenvalue weighted by molar-refractivity contribution is 5.93. The van der Waals surface area contributed by atoms with E-state index in [1.807, 2.05) is 24.3 Å². The molecule has 124 valence electrons. The number of nitrogens with zero attached hydrogens (tertiary/aromatic N) is 4. The third-order valence-corrected chi connectivity index (χ3v) is 3.97. The number of carbonyl (C=O) groups excluding carboxylic acids is 1. The number of fused-ring (bicyclic) bond motifs is 2. The maximum Gasteiger partial charge on any atom is 0.278 e. The Kier molecular flexibility index (Phi) is 3.50. The topological polar surface area (TPSA) is 106 Å². The Bertz CT molecular complexity index is 1110. The summed E-state index contributed by atoms with van der Waals surface area (Å²) < 4.78 is 1.07. The van der Waals surface area contributed by atoms with Crippen LogP contribution in [-0.4, -0.2) is 30.9 Å². The molecule has 2 N–H and O–H groups in total. The van der Waals surface area contributed by atoms with Crippen LogP contribution in [0, 0.1) is 0 Å². The van der Waals surface area contributed by atoms with Gasteiger partial charge in [-0.25, -0.2) is 4.98 Å². The van der Waals surface area contributed by atoms with Gasteiger partial charge < -0.3 is 4.98 Å². The van der Waals surface area contributed by atoms with Gasteiger partial charge in [-0.2, -0.15) is 4.68 Å². The molecular weight excluding hydrogens is 320 g/mol. The van der Waals surface area contributed by atoms with E-state index in [2.05, 4.69) is 25.6 Å². The lowest BCUT2D eigenvalue weighted by atomic mass is 10.2. The molecule has 2 aromatic heterocycles. The number of amides is 1. The summed E-state index contributed by atoms with van der Waals surface area (Å²) in [5, 5.41) is 11.0. The molecule has 0 saturated carbocycles. The number of H-pyrrole nitrogens is 1. The highest BCUT2D eigenvalue weighted by Gasteiger charge is 2.20. The van der Waals surface area contributed by atoms with Gasteiger partial charge in [0.05, 0.1) is 16.4 Å². The minimum atomic E-state index is -0.835. The molecule has 25 heavy (non-hydrogen) atoms. The van der Waals surface area contributed by atoms with E-state index >= 15 is 0 Å². The number of benzene rings is 2. The molecule has 1 amide bonds. The fourth-order valence-electron chi connectivity index (χ4n) is 2.60. The van der Waals surface area contributed by atoms with Crippen LogP contribution in [-0.2, 0) is 4.79 Å². The molecular formula is C17H14N6O2. The largest absolute Gasteiger partial charge is 0.324 e. The minimum absolute atomic E-state index is 0.319. The third kappa shape index (κ3) is 2.63. The molecule has 0 aliphatic rings. The Hall–Kier alpha value is -3.55. The molecule has 0 aliphatic carbocycles. The first-order chi connectivity index (χ1) is 12.1. The van der Waals surface area contributed by atoms with E-state index in [0.29, 0.717) is 16.9 Å². The zero-order valence-electron chi connectivity index (χ0n) is 13.3. The van der Waals surface area contributed by atoms with Crippen LogP contribution in [0.4, 0.5) is 5.95 Å². The van der Waals surface area contributed by atoms with Gasteiger partial charge in [0.2, 0.25) is 5.95 Å². The van der Waals surface area contributed by atoms with Crippen molar-refractivity contribution in [3.63, 3.8) is 0 Å². The average molecular weight is 334 g/mol. The standard InChI is InChI=1S/C17H14N6O2/c1-10(23-16(25)11-6-2-3-7-12(11)21-22-23)15(24)20-17-18-13-8-4-5-9-14(13)19-17/h2-10H,1H3,(H2,18,19,20,24)/t10-/m0/s1. The third-order valence-electron chi connectivity index (χ3n) is 3.97. The van der Waals surface area contributed by atoms with Gasteiger partial charge in [-0.3, -0.25) is 14.9 Å². The van der Waals surface area contributed by atoms with Crippen molar-refractivity contribution in [2.75, 3.05) is 5.32 Å². The van der Waals surface area contributed by atoms with Gasteiger partial charge in [0, 0.05) is 0 Å². The lowest BCUT2D eigenvalue weighted by Gasteiger charge is -2.12. The maximum absolute atomic E-state index is 12.5. The van der Waals surface area contributed by atoms with Crippen molar-refractivity contribution in [2.24, 2.45) is 0 Å². The van der Waals surface area contributed by atoms with E-state index in [1.54, 1.807) is 31.2 Å². The van der Waals surface area contributed by atoms with Gasteiger partial charge in [-0.05, 0) is 31.2 Å². The summed E-state index contributed by atoms with van der Waals surface area (Å²) in [6, 6.07) is 13.5. The van der Waals surface area contributed by atoms with E-state index in [0.717, 1.165) is 15.7 Å². The van der Waals surface area contributed by atoms with Crippen molar-refractivity contribution >= 4 is 33.8 Å². The number of hydrogen-bond donors (Lipinski definition) is 2. The number of hydrogen-bond acceptors (Lipinski definition) is 5. The first kappa shape index (κ1) is 15.0. The Morgan fingerprint density at radius 1 is 1.12 bits per heavy atom. The van der Waals surface area contributed by atoms with Gasteiger partial charge in [0.1, 0.15) is 11.6 Å². The number of imidazole rings is 1. The summed E-state index contributed by atoms with van der Waals surface area (Å²) in [5.41, 5.74) is 1.69. The van der Waals surface area contributed by atoms with Gasteiger partial charge in [-0.1, -0.05) is 29.5 Å². The number of aromatic amines is 1. The van der Waals surface area contributed by atoms with Crippen LogP contribution < -0.4 is 10.9 Å². The molecule has 0 aliphatic heterocycles. The van der Waals surface area contributed by atoms with E-state index < -0.39 is 11.9 Å². The molecule has 0 spiro atoms. The van der Waals surface area contributed by atoms with E-state index in [9.17, 15) is 9.59 Å². The Morgan fingerprint density at radius 3 is 2.64 bits per heavy atom. The van der Waals surface area contributed by atoms with Crippen LogP contribution in [0.1, 0.15) is 13.0 Å². The fourth-order valence-corrected chi connectivity index (χ4v) is 2.60. The van der Waals surface area contributed by atoms with Crippen LogP contribution in [0.5, 0.6) is 0 Å². The van der Waals surface area contributed by atoms with Crippen molar-refractivity contribution in [1.29, 1.82) is 0 Å². The monoisotopic (exact) mass is 334 g/mol. The predicted molar refractivity (Wildman–Crippen MR) is 93.2 cm³/mol. The van der Waals surface area contributed by atoms with Crippen LogP contribution in [0.25, 0.3) is 21.9 Å². The molecule has 0 bridgehead atoms. The molecule has 0 fully saturated rings. The quantitative estimate of drug-likeness (QED) is 0.595. The molecule has 0 radical (unpaired) electrons. The molecule has 0 unspecified atom stereocenters. The lowest BCUT2D eigenvalue weighted by Crippen LogP contribution is -2.34. The van der Waals surface area contributed by atoms with Gasteiger partial charge >= 0.3 is 0 Å². The Labute approximate surface area is 141 Å². The molecule has 8 heteroatoms. The van der Waals surface area contributed by atoms with Gasteiger partial charge in [0.25, 0.3) is 11.5 Å². The smallest absolute Gasteiger partial charge is 0.278 e. The zero-order chi connectivity index (χ0) is 17.4. The molecule has 4 aromatic rings. The SMILES string of the molecule is C[C@@H](C(=O)Nc1nc2ccccc2[nH]1)n1nnc2ccccc2c1=O. The van der Waals surface area contributed by atoms with Crippen molar-refractivity contribution < 1.29 is 4.79 Å². The van der Waals surface area contributed by atoms with Crippen molar-refractivity contribution in [2.45, 2.75) is 13.0 Å². The summed E-state index contributed by atoms with van der Waals surface area (Å²) in [6.45, 7) is 1.59. The summed E-state index contributed by atoms with van der Waals surface area (Å²) in [7, 11) is 0. The van der Waals surface area contributed by atoms with Crippen LogP contribution in [0.2, 0.25) is 0 Å². The number of rotatable bonds is 3. The van der Waals surface area contributed by atoms with Crippen LogP contribution >= 0.6 is 0 Å². The van der Waals surface area contributed by atoms with Crippen LogP contribution in [0.3, 0.4) is 0 Å². The summed E-state index contributed by atoms with van der Waals surface area (Å²) >= 11 is 0. The highest BCUT2D eigenvalue weighted by atomic mass is 16.2. The van der Waals surface area contributed by atoms with Crippen molar-refractivity contribution in [3.8, 4) is 0 Å². The first-order valence-corrected chi connectivity index (χ1v) is 7.73. The number of anilines is 1. The van der Waals surface area contributed by atoms with E-state index in [1.165, 1.54) is 0 Å². The predicted octanol–water partition coefficient (Wildman–Crippen LogP) is 1.87. The fraction of sp³-hybridized carbons (Fsp3) is 0.118. The number of nitrogens with one attached hydrogen (secondary N) is 2. The van der Waals surface area contributed by atoms with Crippen molar-refractivity contribution in [1.82, 2.24) is 25.0 Å². The minimum Gasteiger partial charge on any atom is -0.324 e. The normalized spacial score (nSPS) is 12.4. The van der Waals surface area contributed by atoms with Crippen molar-refractivity contribution in [3.05, 3.63) is 58.9 Å². The second-order valence-corrected chi connectivity index (χ2v) is 5.62. The Morgan fingerprint density at radius 2 is 1.84 bits per heavy atom. The zero-order valence-corrected chi connectivity index (χ0v) is 13.3. The number of carbonyl (C=O) groups is 1. The number of aromatic nitrogens is 5. The lowest BCUT2D eigenvalue weighted by molar-refractivity contribution is -0.119. The highest BCUT2D eigenvalue weighted by Crippen LogP contribution is 2.14. The van der Waals surface area contributed by atoms with Gasteiger partial charge in [-0.15, -0.1) is 5.10 Å². The van der Waals surface area contributed by atoms with Crippen LogP contribution in [0.15, 0.2) is 53.3 Å². The average Bonchev–Trinajstić information content (AvgIpc) is 3.04. The molecule has 0 saturated heterocycles. The summed E-state index contributed by atoms with van der Waals surface area (Å²) in [4.78, 5) is 32.3. The second-order valence-electron chi connectivity index (χ2n) is 5.62. The molecule has 2 aromatic carbocycles. The van der Waals surface area contributed by atoms with E-state index in [4.69, 9.17) is 0 Å². The molecule has 1 atom stereocenters. The molecule has 2 heterocycles. The van der Waals surface area contributed by atoms with Gasteiger partial charge in [0.15, 0.2) is 0 Å². The summed E-state index contributed by atoms with van der Waals surface area (Å²) in [5.74, 6) is -0.0921. The maximum atomic E-state index is 12.5.